The van der Waals surface area contributed by atoms with Crippen molar-refractivity contribution in [1.29, 1.82) is 0 Å². The Morgan fingerprint density at radius 1 is 1.05 bits per heavy atom. The van der Waals surface area contributed by atoms with Crippen LogP contribution in [0.25, 0.3) is 0 Å². The smallest absolute Gasteiger partial charge is 0.126 e. The van der Waals surface area contributed by atoms with E-state index in [0.29, 0.717) is 17.9 Å². The molecular weight excluding hydrogens is 253 g/mol. The van der Waals surface area contributed by atoms with Crippen molar-refractivity contribution >= 4 is 0 Å². The molecule has 0 aliphatic carbocycles. The van der Waals surface area contributed by atoms with Gasteiger partial charge in [-0.25, -0.2) is 4.39 Å². The van der Waals surface area contributed by atoms with Gasteiger partial charge in [-0.15, -0.1) is 0 Å². The molecule has 2 aromatic carbocycles. The number of aryl methyl sites for hydroxylation is 1. The van der Waals surface area contributed by atoms with Crippen LogP contribution in [0.5, 0.6) is 5.75 Å². The van der Waals surface area contributed by atoms with E-state index in [-0.39, 0.29) is 5.82 Å². The zero-order valence-corrected chi connectivity index (χ0v) is 11.9. The predicted molar refractivity (Wildman–Crippen MR) is 79.3 cm³/mol. The van der Waals surface area contributed by atoms with Crippen LogP contribution in [0.2, 0.25) is 0 Å². The van der Waals surface area contributed by atoms with E-state index < -0.39 is 0 Å². The maximum absolute atomic E-state index is 13.1. The number of hydrogen-bond acceptors (Lipinski definition) is 2. The SMILES string of the molecule is CCNCc1ccc(COc2ccc(F)c(C)c2)cc1. The number of rotatable bonds is 6. The third kappa shape index (κ3) is 4.07. The molecule has 0 atom stereocenters. The lowest BCUT2D eigenvalue weighted by Crippen LogP contribution is -2.11. The highest BCUT2D eigenvalue weighted by molar-refractivity contribution is 5.29. The molecule has 0 unspecified atom stereocenters. The van der Waals surface area contributed by atoms with Gasteiger partial charge in [0.15, 0.2) is 0 Å². The van der Waals surface area contributed by atoms with E-state index in [9.17, 15) is 4.39 Å². The molecule has 2 rings (SSSR count). The van der Waals surface area contributed by atoms with Crippen LogP contribution in [0, 0.1) is 12.7 Å². The lowest BCUT2D eigenvalue weighted by molar-refractivity contribution is 0.305. The van der Waals surface area contributed by atoms with Gasteiger partial charge in [0.25, 0.3) is 0 Å². The molecule has 0 aliphatic heterocycles. The van der Waals surface area contributed by atoms with Gasteiger partial charge in [0.1, 0.15) is 18.2 Å². The minimum Gasteiger partial charge on any atom is -0.489 e. The summed E-state index contributed by atoms with van der Waals surface area (Å²) in [5, 5.41) is 3.29. The van der Waals surface area contributed by atoms with E-state index in [4.69, 9.17) is 4.74 Å². The molecule has 2 nitrogen and oxygen atoms in total. The van der Waals surface area contributed by atoms with Crippen LogP contribution in [-0.4, -0.2) is 6.54 Å². The fourth-order valence-corrected chi connectivity index (χ4v) is 1.90. The minimum atomic E-state index is -0.204. The second-order valence-corrected chi connectivity index (χ2v) is 4.80. The van der Waals surface area contributed by atoms with Crippen LogP contribution < -0.4 is 10.1 Å². The summed E-state index contributed by atoms with van der Waals surface area (Å²) in [6, 6.07) is 13.1. The first-order valence-electron chi connectivity index (χ1n) is 6.86. The van der Waals surface area contributed by atoms with E-state index in [1.807, 2.05) is 0 Å². The van der Waals surface area contributed by atoms with E-state index in [2.05, 4.69) is 36.5 Å². The Morgan fingerprint density at radius 2 is 1.75 bits per heavy atom. The molecule has 2 aromatic rings. The maximum atomic E-state index is 13.1. The number of benzene rings is 2. The Hall–Kier alpha value is -1.87. The fourth-order valence-electron chi connectivity index (χ4n) is 1.90. The average molecular weight is 273 g/mol. The Balaban J connectivity index is 1.91. The summed E-state index contributed by atoms with van der Waals surface area (Å²) in [7, 11) is 0. The second-order valence-electron chi connectivity index (χ2n) is 4.80. The Bertz CT molecular complexity index is 551. The number of hydrogen-bond donors (Lipinski definition) is 1. The number of halogens is 1. The van der Waals surface area contributed by atoms with Gasteiger partial charge in [0, 0.05) is 6.54 Å². The Labute approximate surface area is 119 Å². The third-order valence-electron chi connectivity index (χ3n) is 3.14. The van der Waals surface area contributed by atoms with Crippen molar-refractivity contribution in [3.8, 4) is 5.75 Å². The van der Waals surface area contributed by atoms with E-state index in [1.165, 1.54) is 11.6 Å². The van der Waals surface area contributed by atoms with Gasteiger partial charge in [-0.1, -0.05) is 31.2 Å². The third-order valence-corrected chi connectivity index (χ3v) is 3.14. The Morgan fingerprint density at radius 3 is 2.40 bits per heavy atom. The highest BCUT2D eigenvalue weighted by Gasteiger charge is 2.01. The van der Waals surface area contributed by atoms with Crippen LogP contribution >= 0.6 is 0 Å². The molecule has 0 amide bonds. The first-order valence-corrected chi connectivity index (χ1v) is 6.86. The number of nitrogens with one attached hydrogen (secondary N) is 1. The monoisotopic (exact) mass is 273 g/mol. The Kier molecular flexibility index (Phi) is 5.13. The molecule has 0 heterocycles. The molecule has 0 saturated carbocycles. The highest BCUT2D eigenvalue weighted by Crippen LogP contribution is 2.17. The summed E-state index contributed by atoms with van der Waals surface area (Å²) in [6.45, 7) is 6.17. The minimum absolute atomic E-state index is 0.204. The molecule has 0 bridgehead atoms. The van der Waals surface area contributed by atoms with Gasteiger partial charge in [-0.05, 0) is 48.4 Å². The van der Waals surface area contributed by atoms with Crippen molar-refractivity contribution in [2.75, 3.05) is 6.54 Å². The zero-order valence-electron chi connectivity index (χ0n) is 11.9. The van der Waals surface area contributed by atoms with Crippen molar-refractivity contribution in [2.24, 2.45) is 0 Å². The summed E-state index contributed by atoms with van der Waals surface area (Å²) in [4.78, 5) is 0. The van der Waals surface area contributed by atoms with Gasteiger partial charge in [-0.3, -0.25) is 0 Å². The average Bonchev–Trinajstić information content (AvgIpc) is 2.47. The predicted octanol–water partition coefficient (Wildman–Crippen LogP) is 3.82. The molecule has 1 N–H and O–H groups in total. The molecule has 0 saturated heterocycles. The normalized spacial score (nSPS) is 10.6. The maximum Gasteiger partial charge on any atom is 0.126 e. The van der Waals surface area contributed by atoms with Crippen molar-refractivity contribution in [3.05, 3.63) is 65.0 Å². The summed E-state index contributed by atoms with van der Waals surface area (Å²) < 4.78 is 18.8. The van der Waals surface area contributed by atoms with Crippen LogP contribution in [-0.2, 0) is 13.2 Å². The first-order chi connectivity index (χ1) is 9.69. The van der Waals surface area contributed by atoms with Gasteiger partial charge in [0.05, 0.1) is 0 Å². The topological polar surface area (TPSA) is 21.3 Å². The van der Waals surface area contributed by atoms with Crippen molar-refractivity contribution in [1.82, 2.24) is 5.32 Å². The van der Waals surface area contributed by atoms with Crippen LogP contribution in [0.1, 0.15) is 23.6 Å². The second kappa shape index (κ2) is 7.06. The summed E-state index contributed by atoms with van der Waals surface area (Å²) in [6.07, 6.45) is 0. The van der Waals surface area contributed by atoms with Gasteiger partial charge < -0.3 is 10.1 Å². The van der Waals surface area contributed by atoms with E-state index in [1.54, 1.807) is 19.1 Å². The first kappa shape index (κ1) is 14.5. The molecule has 20 heavy (non-hydrogen) atoms. The van der Waals surface area contributed by atoms with Crippen LogP contribution in [0.4, 0.5) is 4.39 Å². The number of ether oxygens (including phenoxy) is 1. The van der Waals surface area contributed by atoms with Crippen molar-refractivity contribution in [3.63, 3.8) is 0 Å². The van der Waals surface area contributed by atoms with Crippen molar-refractivity contribution < 1.29 is 9.13 Å². The van der Waals surface area contributed by atoms with Gasteiger partial charge in [0.2, 0.25) is 0 Å². The van der Waals surface area contributed by atoms with E-state index >= 15 is 0 Å². The summed E-state index contributed by atoms with van der Waals surface area (Å²) in [5.74, 6) is 0.491. The molecule has 0 fully saturated rings. The molecule has 0 radical (unpaired) electrons. The summed E-state index contributed by atoms with van der Waals surface area (Å²) in [5.41, 5.74) is 2.96. The highest BCUT2D eigenvalue weighted by atomic mass is 19.1. The van der Waals surface area contributed by atoms with E-state index in [0.717, 1.165) is 18.7 Å². The molecule has 0 aliphatic rings. The molecule has 3 heteroatoms. The standard InChI is InChI=1S/C17H20FNO/c1-3-19-11-14-4-6-15(7-5-14)12-20-16-8-9-17(18)13(2)10-16/h4-10,19H,3,11-12H2,1-2H3. The fraction of sp³-hybridized carbons (Fsp3) is 0.294. The lowest BCUT2D eigenvalue weighted by Gasteiger charge is -2.08. The van der Waals surface area contributed by atoms with Crippen LogP contribution in [0.3, 0.4) is 0 Å². The van der Waals surface area contributed by atoms with Gasteiger partial charge in [-0.2, -0.15) is 0 Å². The quantitative estimate of drug-likeness (QED) is 0.864. The molecule has 0 spiro atoms. The molecule has 0 aromatic heterocycles. The van der Waals surface area contributed by atoms with Crippen LogP contribution in [0.15, 0.2) is 42.5 Å². The molecular formula is C17H20FNO. The van der Waals surface area contributed by atoms with Crippen molar-refractivity contribution in [2.45, 2.75) is 27.0 Å². The summed E-state index contributed by atoms with van der Waals surface area (Å²) >= 11 is 0. The lowest BCUT2D eigenvalue weighted by atomic mass is 10.1. The molecule has 106 valence electrons. The van der Waals surface area contributed by atoms with Gasteiger partial charge >= 0.3 is 0 Å². The largest absolute Gasteiger partial charge is 0.489 e. The zero-order chi connectivity index (χ0) is 14.4.